The van der Waals surface area contributed by atoms with Crippen molar-refractivity contribution in [1.82, 2.24) is 0 Å². The minimum atomic E-state index is -0.591. The lowest BCUT2D eigenvalue weighted by molar-refractivity contribution is -0.128. The molecule has 0 unspecified atom stereocenters. The summed E-state index contributed by atoms with van der Waals surface area (Å²) in [4.78, 5) is 35.7. The maximum absolute atomic E-state index is 12.3. The third kappa shape index (κ3) is 5.90. The Bertz CT molecular complexity index is 1080. The average Bonchev–Trinajstić information content (AvgIpc) is 2.80. The number of hydrogen-bond donors (Lipinski definition) is 0. The largest absolute Gasteiger partial charge is 0.423 e. The van der Waals surface area contributed by atoms with Gasteiger partial charge in [-0.1, -0.05) is 25.6 Å². The highest BCUT2D eigenvalue weighted by atomic mass is 16.5. The summed E-state index contributed by atoms with van der Waals surface area (Å²) < 4.78 is 15.6. The lowest BCUT2D eigenvalue weighted by Crippen LogP contribution is -2.10. The van der Waals surface area contributed by atoms with Crippen molar-refractivity contribution in [2.45, 2.75) is 13.3 Å². The number of carbonyl (C=O) groups is 3. The molecule has 0 saturated heterocycles. The number of benzene rings is 3. The van der Waals surface area contributed by atoms with Gasteiger partial charge in [0, 0.05) is 6.08 Å². The van der Waals surface area contributed by atoms with E-state index in [1.165, 1.54) is 48.5 Å². The fraction of sp³-hybridized carbons (Fsp3) is 0.0800. The van der Waals surface area contributed by atoms with Crippen LogP contribution in [0.2, 0.25) is 0 Å². The molecule has 3 rings (SSSR count). The van der Waals surface area contributed by atoms with E-state index in [4.69, 9.17) is 14.2 Å². The van der Waals surface area contributed by atoms with Gasteiger partial charge in [0.2, 0.25) is 0 Å². The lowest BCUT2D eigenvalue weighted by Gasteiger charge is -2.07. The first-order chi connectivity index (χ1) is 15.0. The van der Waals surface area contributed by atoms with E-state index >= 15 is 0 Å². The van der Waals surface area contributed by atoms with E-state index in [1.807, 2.05) is 19.1 Å². The predicted octanol–water partition coefficient (Wildman–Crippen LogP) is 4.78. The van der Waals surface area contributed by atoms with Crippen molar-refractivity contribution in [3.05, 3.63) is 102 Å². The van der Waals surface area contributed by atoms with Crippen molar-refractivity contribution in [2.75, 3.05) is 0 Å². The van der Waals surface area contributed by atoms with Crippen LogP contribution in [-0.4, -0.2) is 17.9 Å². The second-order valence-electron chi connectivity index (χ2n) is 6.45. The van der Waals surface area contributed by atoms with E-state index < -0.39 is 17.9 Å². The minimum absolute atomic E-state index is 0.274. The van der Waals surface area contributed by atoms with Crippen LogP contribution in [0.15, 0.2) is 85.5 Å². The molecule has 0 heterocycles. The molecule has 31 heavy (non-hydrogen) atoms. The van der Waals surface area contributed by atoms with Gasteiger partial charge in [-0.2, -0.15) is 0 Å². The first-order valence-corrected chi connectivity index (χ1v) is 9.56. The number of carbonyl (C=O) groups excluding carboxylic acids is 3. The van der Waals surface area contributed by atoms with E-state index in [1.54, 1.807) is 12.1 Å². The van der Waals surface area contributed by atoms with E-state index in [2.05, 4.69) is 6.58 Å². The first kappa shape index (κ1) is 21.5. The van der Waals surface area contributed by atoms with Gasteiger partial charge in [-0.15, -0.1) is 0 Å². The van der Waals surface area contributed by atoms with E-state index in [-0.39, 0.29) is 17.1 Å². The third-order valence-electron chi connectivity index (χ3n) is 4.32. The van der Waals surface area contributed by atoms with Gasteiger partial charge >= 0.3 is 17.9 Å². The molecular formula is C25H20O6. The van der Waals surface area contributed by atoms with Gasteiger partial charge in [-0.3, -0.25) is 0 Å². The zero-order chi connectivity index (χ0) is 22.2. The van der Waals surface area contributed by atoms with Crippen LogP contribution in [-0.2, 0) is 11.2 Å². The number of hydrogen-bond acceptors (Lipinski definition) is 6. The Morgan fingerprint density at radius 3 is 1.45 bits per heavy atom. The highest BCUT2D eigenvalue weighted by Gasteiger charge is 2.12. The third-order valence-corrected chi connectivity index (χ3v) is 4.32. The molecule has 0 aliphatic rings. The summed E-state index contributed by atoms with van der Waals surface area (Å²) >= 11 is 0. The van der Waals surface area contributed by atoms with Gasteiger partial charge in [-0.05, 0) is 72.6 Å². The smallest absolute Gasteiger partial charge is 0.343 e. The van der Waals surface area contributed by atoms with Gasteiger partial charge < -0.3 is 14.2 Å². The molecule has 3 aromatic rings. The molecule has 0 aromatic heterocycles. The van der Waals surface area contributed by atoms with E-state index in [0.29, 0.717) is 11.3 Å². The summed E-state index contributed by atoms with van der Waals surface area (Å²) in [6, 6.07) is 19.3. The monoisotopic (exact) mass is 416 g/mol. The summed E-state index contributed by atoms with van der Waals surface area (Å²) in [6.45, 7) is 5.36. The summed E-state index contributed by atoms with van der Waals surface area (Å²) in [7, 11) is 0. The van der Waals surface area contributed by atoms with Crippen molar-refractivity contribution >= 4 is 17.9 Å². The molecule has 0 N–H and O–H groups in total. The van der Waals surface area contributed by atoms with Crippen molar-refractivity contribution in [2.24, 2.45) is 0 Å². The summed E-state index contributed by atoms with van der Waals surface area (Å²) in [5.74, 6) is -0.670. The second kappa shape index (κ2) is 10.0. The normalized spacial score (nSPS) is 10.1. The zero-order valence-electron chi connectivity index (χ0n) is 16.9. The molecule has 6 heteroatoms. The van der Waals surface area contributed by atoms with Gasteiger partial charge in [-0.25, -0.2) is 14.4 Å². The molecule has 156 valence electrons. The predicted molar refractivity (Wildman–Crippen MR) is 114 cm³/mol. The molecule has 0 fully saturated rings. The molecular weight excluding hydrogens is 396 g/mol. The lowest BCUT2D eigenvalue weighted by atomic mass is 10.2. The molecule has 0 atom stereocenters. The first-order valence-electron chi connectivity index (χ1n) is 9.56. The Hall–Kier alpha value is -4.19. The zero-order valence-corrected chi connectivity index (χ0v) is 16.9. The maximum atomic E-state index is 12.3. The van der Waals surface area contributed by atoms with Gasteiger partial charge in [0.05, 0.1) is 11.1 Å². The van der Waals surface area contributed by atoms with Crippen molar-refractivity contribution < 1.29 is 28.6 Å². The van der Waals surface area contributed by atoms with Crippen LogP contribution >= 0.6 is 0 Å². The van der Waals surface area contributed by atoms with E-state index in [0.717, 1.165) is 18.1 Å². The van der Waals surface area contributed by atoms with Crippen LogP contribution in [0.25, 0.3) is 0 Å². The van der Waals surface area contributed by atoms with Gasteiger partial charge in [0.25, 0.3) is 0 Å². The summed E-state index contributed by atoms with van der Waals surface area (Å²) in [5.41, 5.74) is 1.75. The highest BCUT2D eigenvalue weighted by molar-refractivity contribution is 5.93. The number of aryl methyl sites for hydroxylation is 1. The Balaban J connectivity index is 1.59. The van der Waals surface area contributed by atoms with Crippen molar-refractivity contribution in [1.29, 1.82) is 0 Å². The number of ether oxygens (including phenoxy) is 3. The molecule has 0 spiro atoms. The quantitative estimate of drug-likeness (QED) is 0.313. The van der Waals surface area contributed by atoms with Crippen LogP contribution in [0.3, 0.4) is 0 Å². The van der Waals surface area contributed by atoms with Crippen LogP contribution in [0.5, 0.6) is 17.2 Å². The fourth-order valence-corrected chi connectivity index (χ4v) is 2.60. The molecule has 0 aliphatic carbocycles. The molecule has 0 bridgehead atoms. The second-order valence-corrected chi connectivity index (χ2v) is 6.45. The van der Waals surface area contributed by atoms with Crippen molar-refractivity contribution in [3.8, 4) is 17.2 Å². The van der Waals surface area contributed by atoms with Gasteiger partial charge in [0.1, 0.15) is 17.2 Å². The van der Waals surface area contributed by atoms with E-state index in [9.17, 15) is 14.4 Å². The standard InChI is InChI=1S/C25H20O6/c1-3-17-5-11-21(12-6-17)30-24(27)19-9-15-22(16-10-19)31-25(28)18-7-13-20(14-8-18)29-23(26)4-2/h4-16H,2-3H2,1H3. The number of esters is 3. The Labute approximate surface area is 179 Å². The highest BCUT2D eigenvalue weighted by Crippen LogP contribution is 2.19. The summed E-state index contributed by atoms with van der Waals surface area (Å²) in [5, 5.41) is 0. The van der Waals surface area contributed by atoms with Crippen LogP contribution in [0.1, 0.15) is 33.2 Å². The van der Waals surface area contributed by atoms with Crippen LogP contribution in [0.4, 0.5) is 0 Å². The van der Waals surface area contributed by atoms with Gasteiger partial charge in [0.15, 0.2) is 0 Å². The molecule has 6 nitrogen and oxygen atoms in total. The van der Waals surface area contributed by atoms with Crippen LogP contribution in [0, 0.1) is 0 Å². The molecule has 0 aliphatic heterocycles. The Kier molecular flexibility index (Phi) is 6.96. The Morgan fingerprint density at radius 1 is 0.677 bits per heavy atom. The molecule has 0 amide bonds. The topological polar surface area (TPSA) is 78.9 Å². The molecule has 3 aromatic carbocycles. The molecule has 0 saturated carbocycles. The van der Waals surface area contributed by atoms with Crippen LogP contribution < -0.4 is 14.2 Å². The number of rotatable bonds is 7. The summed E-state index contributed by atoms with van der Waals surface area (Å²) in [6.07, 6.45) is 1.95. The van der Waals surface area contributed by atoms with Crippen molar-refractivity contribution in [3.63, 3.8) is 0 Å². The maximum Gasteiger partial charge on any atom is 0.343 e. The minimum Gasteiger partial charge on any atom is -0.423 e. The fourth-order valence-electron chi connectivity index (χ4n) is 2.60. The Morgan fingerprint density at radius 2 is 1.06 bits per heavy atom. The molecule has 0 radical (unpaired) electrons. The SMILES string of the molecule is C=CC(=O)Oc1ccc(C(=O)Oc2ccc(C(=O)Oc3ccc(CC)cc3)cc2)cc1. The average molecular weight is 416 g/mol.